The minimum atomic E-state index is -0.679. The van der Waals surface area contributed by atoms with Crippen LogP contribution in [0.2, 0.25) is 0 Å². The van der Waals surface area contributed by atoms with Crippen LogP contribution in [0.3, 0.4) is 0 Å². The van der Waals surface area contributed by atoms with E-state index in [1.165, 1.54) is 6.20 Å². The lowest BCUT2D eigenvalue weighted by Gasteiger charge is -2.07. The zero-order valence-electron chi connectivity index (χ0n) is 16.7. The van der Waals surface area contributed by atoms with Crippen molar-refractivity contribution in [2.24, 2.45) is 5.73 Å². The van der Waals surface area contributed by atoms with E-state index in [2.05, 4.69) is 25.9 Å². The van der Waals surface area contributed by atoms with Gasteiger partial charge in [-0.3, -0.25) is 14.6 Å². The molecule has 0 saturated carbocycles. The van der Waals surface area contributed by atoms with E-state index in [1.807, 2.05) is 13.0 Å². The SMILES string of the molecule is C/C(=C1\C(=O)Nc2ccc(NC(N)=O)cc21)c1cc(CNC(=O)c2cccnc2)c[nH]1. The van der Waals surface area contributed by atoms with Crippen LogP contribution in [-0.4, -0.2) is 27.8 Å². The number of primary amides is 1. The van der Waals surface area contributed by atoms with Gasteiger partial charge in [-0.2, -0.15) is 0 Å². The minimum Gasteiger partial charge on any atom is -0.361 e. The van der Waals surface area contributed by atoms with Crippen LogP contribution in [0.1, 0.15) is 34.1 Å². The maximum absolute atomic E-state index is 12.6. The molecule has 9 nitrogen and oxygen atoms in total. The predicted molar refractivity (Wildman–Crippen MR) is 117 cm³/mol. The zero-order chi connectivity index (χ0) is 22.0. The molecule has 1 aliphatic rings. The second-order valence-electron chi connectivity index (χ2n) is 7.05. The normalized spacial score (nSPS) is 13.9. The third-order valence-corrected chi connectivity index (χ3v) is 4.93. The summed E-state index contributed by atoms with van der Waals surface area (Å²) in [5.41, 5.74) is 10.3. The molecule has 0 saturated heterocycles. The zero-order valence-corrected chi connectivity index (χ0v) is 16.7. The van der Waals surface area contributed by atoms with E-state index in [9.17, 15) is 14.4 Å². The van der Waals surface area contributed by atoms with Gasteiger partial charge >= 0.3 is 6.03 Å². The third kappa shape index (κ3) is 4.15. The van der Waals surface area contributed by atoms with Crippen LogP contribution in [0, 0.1) is 0 Å². The van der Waals surface area contributed by atoms with Gasteiger partial charge in [-0.05, 0) is 54.5 Å². The highest BCUT2D eigenvalue weighted by Crippen LogP contribution is 2.38. The van der Waals surface area contributed by atoms with Gasteiger partial charge in [0, 0.05) is 47.8 Å². The lowest BCUT2D eigenvalue weighted by Crippen LogP contribution is -2.22. The molecular weight excluding hydrogens is 396 g/mol. The summed E-state index contributed by atoms with van der Waals surface area (Å²) in [5.74, 6) is -0.450. The van der Waals surface area contributed by atoms with Gasteiger partial charge in [-0.1, -0.05) is 0 Å². The monoisotopic (exact) mass is 416 g/mol. The average molecular weight is 416 g/mol. The quantitative estimate of drug-likeness (QED) is 0.408. The number of nitrogens with one attached hydrogen (secondary N) is 4. The highest BCUT2D eigenvalue weighted by atomic mass is 16.2. The fourth-order valence-electron chi connectivity index (χ4n) is 3.43. The molecule has 3 heterocycles. The fraction of sp³-hybridized carbons (Fsp3) is 0.0909. The summed E-state index contributed by atoms with van der Waals surface area (Å²) >= 11 is 0. The van der Waals surface area contributed by atoms with Gasteiger partial charge in [0.05, 0.1) is 11.1 Å². The van der Waals surface area contributed by atoms with Gasteiger partial charge in [0.1, 0.15) is 0 Å². The third-order valence-electron chi connectivity index (χ3n) is 4.93. The number of benzene rings is 1. The predicted octanol–water partition coefficient (Wildman–Crippen LogP) is 2.71. The number of hydrogen-bond donors (Lipinski definition) is 5. The number of amides is 4. The Kier molecular flexibility index (Phi) is 5.23. The number of fused-ring (bicyclic) bond motifs is 1. The number of carbonyl (C=O) groups excluding carboxylic acids is 3. The Morgan fingerprint density at radius 1 is 1.19 bits per heavy atom. The summed E-state index contributed by atoms with van der Waals surface area (Å²) in [6.45, 7) is 2.16. The number of allylic oxidation sites excluding steroid dienone is 1. The van der Waals surface area contributed by atoms with E-state index < -0.39 is 6.03 Å². The summed E-state index contributed by atoms with van der Waals surface area (Å²) in [5, 5.41) is 8.19. The highest BCUT2D eigenvalue weighted by Gasteiger charge is 2.27. The van der Waals surface area contributed by atoms with Crippen LogP contribution in [0.5, 0.6) is 0 Å². The molecule has 0 aliphatic carbocycles. The van der Waals surface area contributed by atoms with Crippen molar-refractivity contribution in [3.63, 3.8) is 0 Å². The molecule has 0 radical (unpaired) electrons. The summed E-state index contributed by atoms with van der Waals surface area (Å²) in [7, 11) is 0. The number of carbonyl (C=O) groups is 3. The number of aromatic nitrogens is 2. The van der Waals surface area contributed by atoms with E-state index in [-0.39, 0.29) is 11.8 Å². The maximum Gasteiger partial charge on any atom is 0.316 e. The standard InChI is InChI=1S/C22H20N6O3/c1-12(19-16-8-15(27-22(23)31)4-5-17(16)28-21(19)30)18-7-13(9-25-18)10-26-20(29)14-3-2-6-24-11-14/h2-9,11,25H,10H2,1H3,(H,26,29)(H,28,30)(H3,23,27,31)/b19-12+. The molecule has 4 rings (SSSR count). The van der Waals surface area contributed by atoms with Crippen molar-refractivity contribution in [3.05, 3.63) is 77.4 Å². The second-order valence-corrected chi connectivity index (χ2v) is 7.05. The first-order valence-electron chi connectivity index (χ1n) is 9.51. The topological polar surface area (TPSA) is 142 Å². The van der Waals surface area contributed by atoms with E-state index >= 15 is 0 Å². The van der Waals surface area contributed by atoms with Gasteiger partial charge in [0.2, 0.25) is 0 Å². The van der Waals surface area contributed by atoms with Gasteiger partial charge in [-0.15, -0.1) is 0 Å². The Morgan fingerprint density at radius 2 is 2.03 bits per heavy atom. The molecule has 6 N–H and O–H groups in total. The minimum absolute atomic E-state index is 0.218. The first-order valence-corrected chi connectivity index (χ1v) is 9.51. The number of nitrogens with zero attached hydrogens (tertiary/aromatic N) is 1. The Hall–Kier alpha value is -4.40. The fourth-order valence-corrected chi connectivity index (χ4v) is 3.43. The van der Waals surface area contributed by atoms with Gasteiger partial charge in [0.15, 0.2) is 0 Å². The molecule has 9 heteroatoms. The molecule has 4 amide bonds. The Labute approximate surface area is 177 Å². The Balaban J connectivity index is 1.56. The first-order chi connectivity index (χ1) is 14.9. The van der Waals surface area contributed by atoms with Crippen LogP contribution < -0.4 is 21.7 Å². The Bertz CT molecular complexity index is 1210. The first kappa shape index (κ1) is 19.9. The summed E-state index contributed by atoms with van der Waals surface area (Å²) in [6, 6.07) is 9.68. The summed E-state index contributed by atoms with van der Waals surface area (Å²) < 4.78 is 0. The van der Waals surface area contributed by atoms with Crippen molar-refractivity contribution < 1.29 is 14.4 Å². The van der Waals surface area contributed by atoms with Crippen molar-refractivity contribution in [3.8, 4) is 0 Å². The van der Waals surface area contributed by atoms with Crippen molar-refractivity contribution in [2.45, 2.75) is 13.5 Å². The van der Waals surface area contributed by atoms with E-state index in [1.54, 1.807) is 42.7 Å². The van der Waals surface area contributed by atoms with Crippen molar-refractivity contribution >= 4 is 40.4 Å². The number of aromatic amines is 1. The Morgan fingerprint density at radius 3 is 2.77 bits per heavy atom. The molecule has 0 bridgehead atoms. The van der Waals surface area contributed by atoms with Crippen molar-refractivity contribution in [2.75, 3.05) is 10.6 Å². The number of nitrogens with two attached hydrogens (primary N) is 1. The molecule has 0 unspecified atom stereocenters. The molecule has 0 atom stereocenters. The number of urea groups is 1. The second kappa shape index (κ2) is 8.15. The van der Waals surface area contributed by atoms with Crippen LogP contribution in [0.15, 0.2) is 55.0 Å². The number of rotatable bonds is 5. The summed E-state index contributed by atoms with van der Waals surface area (Å²) in [6.07, 6.45) is 4.89. The smallest absolute Gasteiger partial charge is 0.316 e. The van der Waals surface area contributed by atoms with Crippen LogP contribution in [-0.2, 0) is 11.3 Å². The molecule has 1 aliphatic heterocycles. The lowest BCUT2D eigenvalue weighted by molar-refractivity contribution is -0.110. The molecule has 156 valence electrons. The maximum atomic E-state index is 12.6. The van der Waals surface area contributed by atoms with Crippen LogP contribution in [0.4, 0.5) is 16.2 Å². The van der Waals surface area contributed by atoms with Gasteiger partial charge in [-0.25, -0.2) is 4.79 Å². The molecular formula is C22H20N6O3. The number of hydrogen-bond acceptors (Lipinski definition) is 4. The molecule has 2 aromatic heterocycles. The van der Waals surface area contributed by atoms with E-state index in [4.69, 9.17) is 5.73 Å². The molecule has 31 heavy (non-hydrogen) atoms. The van der Waals surface area contributed by atoms with Crippen molar-refractivity contribution in [1.29, 1.82) is 0 Å². The largest absolute Gasteiger partial charge is 0.361 e. The number of H-pyrrole nitrogens is 1. The van der Waals surface area contributed by atoms with Gasteiger partial charge in [0.25, 0.3) is 11.8 Å². The molecule has 0 fully saturated rings. The van der Waals surface area contributed by atoms with Gasteiger partial charge < -0.3 is 26.7 Å². The highest BCUT2D eigenvalue weighted by molar-refractivity contribution is 6.36. The van der Waals surface area contributed by atoms with Crippen LogP contribution in [0.25, 0.3) is 11.1 Å². The van der Waals surface area contributed by atoms with Crippen molar-refractivity contribution in [1.82, 2.24) is 15.3 Å². The molecule has 1 aromatic carbocycles. The average Bonchev–Trinajstić information content (AvgIpc) is 3.35. The molecule has 0 spiro atoms. The summed E-state index contributed by atoms with van der Waals surface area (Å²) in [4.78, 5) is 43.0. The van der Waals surface area contributed by atoms with E-state index in [0.29, 0.717) is 34.6 Å². The number of pyridine rings is 1. The molecule has 3 aromatic rings. The lowest BCUT2D eigenvalue weighted by atomic mass is 9.99. The van der Waals surface area contributed by atoms with Crippen LogP contribution >= 0.6 is 0 Å². The van der Waals surface area contributed by atoms with E-state index in [0.717, 1.165) is 16.8 Å². The number of anilines is 2.